The number of hydrogen-bond donors (Lipinski definition) is 1. The molecule has 4 aromatic rings. The van der Waals surface area contributed by atoms with E-state index in [9.17, 15) is 30.7 Å². The Balaban J connectivity index is 0.00000364. The Bertz CT molecular complexity index is 2290. The van der Waals surface area contributed by atoms with Crippen molar-refractivity contribution in [3.05, 3.63) is 77.1 Å². The van der Waals surface area contributed by atoms with Gasteiger partial charge < -0.3 is 19.3 Å². The molecule has 0 spiro atoms. The topological polar surface area (TPSA) is 226 Å². The number of benzene rings is 3. The van der Waals surface area contributed by atoms with E-state index < -0.39 is 46.9 Å². The van der Waals surface area contributed by atoms with Crippen molar-refractivity contribution in [1.82, 2.24) is 14.9 Å². The SMILES string of the molecule is CCN(CCC#N)c1ccc(N=C2C(C(C)(C)C)=Nn3nc(-c4ccc(NC(=O)c5cc(S(=O)(=O)[O-])cc(S(=O)(=O)[O-])c5)cc4)nc32)c(Cl)c1.[Na+].[Na+]. The predicted octanol–water partition coefficient (Wildman–Crippen LogP) is -1.21. The third-order valence-electron chi connectivity index (χ3n) is 7.46. The van der Waals surface area contributed by atoms with Crippen molar-refractivity contribution in [2.75, 3.05) is 23.3 Å². The van der Waals surface area contributed by atoms with Crippen LogP contribution >= 0.6 is 11.6 Å². The van der Waals surface area contributed by atoms with Crippen LogP contribution < -0.4 is 69.3 Å². The molecule has 20 heteroatoms. The van der Waals surface area contributed by atoms with Crippen LogP contribution in [0.15, 0.2) is 80.5 Å². The van der Waals surface area contributed by atoms with Gasteiger partial charge in [-0.3, -0.25) is 4.79 Å². The van der Waals surface area contributed by atoms with E-state index in [-0.39, 0.29) is 64.8 Å². The monoisotopic (exact) mass is 782 g/mol. The first-order valence-corrected chi connectivity index (χ1v) is 18.1. The van der Waals surface area contributed by atoms with Gasteiger partial charge in [-0.1, -0.05) is 32.4 Å². The van der Waals surface area contributed by atoms with Gasteiger partial charge in [-0.25, -0.2) is 26.8 Å². The van der Waals surface area contributed by atoms with E-state index in [0.29, 0.717) is 77.1 Å². The van der Waals surface area contributed by atoms with Crippen molar-refractivity contribution >= 4 is 66.2 Å². The third kappa shape index (κ3) is 9.95. The maximum Gasteiger partial charge on any atom is 1.00 e. The molecule has 0 radical (unpaired) electrons. The summed E-state index contributed by atoms with van der Waals surface area (Å²) in [6, 6.07) is 15.6. The molecule has 52 heavy (non-hydrogen) atoms. The van der Waals surface area contributed by atoms with Crippen molar-refractivity contribution in [1.29, 1.82) is 5.26 Å². The summed E-state index contributed by atoms with van der Waals surface area (Å²) in [6.45, 7) is 9.21. The molecule has 0 saturated carbocycles. The second-order valence-corrected chi connectivity index (χ2v) is 15.2. The number of carbonyl (C=O) groups excluding carboxylic acids is 1. The fraction of sp³-hybridized carbons (Fsp3) is 0.250. The summed E-state index contributed by atoms with van der Waals surface area (Å²) in [5.74, 6) is -0.296. The molecule has 0 saturated heterocycles. The van der Waals surface area contributed by atoms with Crippen molar-refractivity contribution in [2.45, 2.75) is 43.9 Å². The van der Waals surface area contributed by atoms with Crippen LogP contribution in [0.5, 0.6) is 0 Å². The van der Waals surface area contributed by atoms with E-state index in [4.69, 9.17) is 26.8 Å². The molecular weight excluding hydrogens is 754 g/mol. The second-order valence-electron chi connectivity index (χ2n) is 12.1. The molecule has 2 heterocycles. The van der Waals surface area contributed by atoms with Crippen molar-refractivity contribution in [3.63, 3.8) is 0 Å². The minimum atomic E-state index is -5.18. The molecule has 0 bridgehead atoms. The number of nitrogens with zero attached hydrogens (tertiary/aromatic N) is 7. The molecule has 3 aromatic carbocycles. The molecule has 5 rings (SSSR count). The minimum Gasteiger partial charge on any atom is -0.744 e. The van der Waals surface area contributed by atoms with Gasteiger partial charge in [0, 0.05) is 41.0 Å². The Morgan fingerprint density at radius 2 is 1.62 bits per heavy atom. The Morgan fingerprint density at radius 1 is 1.00 bits per heavy atom. The molecular formula is C32H29ClN8Na2O7S2. The summed E-state index contributed by atoms with van der Waals surface area (Å²) in [5.41, 5.74) is 2.28. The van der Waals surface area contributed by atoms with E-state index in [1.54, 1.807) is 24.3 Å². The van der Waals surface area contributed by atoms with Gasteiger partial charge in [-0.2, -0.15) is 10.4 Å². The van der Waals surface area contributed by atoms with Crippen LogP contribution in [0.4, 0.5) is 17.1 Å². The maximum atomic E-state index is 12.9. The van der Waals surface area contributed by atoms with Gasteiger partial charge in [0.25, 0.3) is 5.91 Å². The van der Waals surface area contributed by atoms with Crippen LogP contribution in [0.3, 0.4) is 0 Å². The number of aromatic nitrogens is 3. The normalized spacial score (nSPS) is 13.3. The van der Waals surface area contributed by atoms with Crippen molar-refractivity contribution in [3.8, 4) is 17.5 Å². The van der Waals surface area contributed by atoms with Gasteiger partial charge >= 0.3 is 59.1 Å². The van der Waals surface area contributed by atoms with Gasteiger partial charge in [0.15, 0.2) is 5.82 Å². The fourth-order valence-electron chi connectivity index (χ4n) is 4.96. The largest absolute Gasteiger partial charge is 1.00 e. The molecule has 0 unspecified atom stereocenters. The number of aliphatic imine (C=N–C) groups is 1. The molecule has 0 fully saturated rings. The van der Waals surface area contributed by atoms with Crippen molar-refractivity contribution in [2.24, 2.45) is 15.5 Å². The van der Waals surface area contributed by atoms with Crippen LogP contribution in [0, 0.1) is 16.7 Å². The standard InChI is InChI=1S/C32H31ClN8O7S2.2Na/c1-5-40(14-6-13-34)22-11-12-26(25(33)17-22)36-27-28(32(2,3)4)38-41-30(27)37-29(39-41)19-7-9-21(10-8-19)35-31(42)20-15-23(49(43,44)45)18-24(16-20)50(46,47)48;;/h7-12,15-18H,5-6,14H2,1-4H3,(H,35,42)(H,43,44,45)(H,46,47,48);;/q;2*+1/p-2. The fourth-order valence-corrected chi connectivity index (χ4v) is 6.33. The summed E-state index contributed by atoms with van der Waals surface area (Å²) in [7, 11) is -10.4. The quantitative estimate of drug-likeness (QED) is 0.148. The van der Waals surface area contributed by atoms with Crippen LogP contribution in [0.25, 0.3) is 11.4 Å². The van der Waals surface area contributed by atoms with Crippen LogP contribution in [0.1, 0.15) is 50.3 Å². The van der Waals surface area contributed by atoms with Gasteiger partial charge in [0.1, 0.15) is 25.9 Å². The molecule has 15 nitrogen and oxygen atoms in total. The van der Waals surface area contributed by atoms with Gasteiger partial charge in [0.05, 0.1) is 38.7 Å². The Labute approximate surface area is 350 Å². The number of carbonyl (C=O) groups is 1. The number of amides is 1. The average Bonchev–Trinajstić information content (AvgIpc) is 3.61. The molecule has 1 amide bonds. The first-order valence-electron chi connectivity index (χ1n) is 14.9. The molecule has 1 aliphatic heterocycles. The average molecular weight is 783 g/mol. The summed E-state index contributed by atoms with van der Waals surface area (Å²) in [5, 5.41) is 21.1. The summed E-state index contributed by atoms with van der Waals surface area (Å²) >= 11 is 6.69. The zero-order valence-corrected chi connectivity index (χ0v) is 35.5. The summed E-state index contributed by atoms with van der Waals surface area (Å²) in [4.78, 5) is 23.8. The number of nitrogens with one attached hydrogen (secondary N) is 1. The number of rotatable bonds is 10. The third-order valence-corrected chi connectivity index (χ3v) is 9.39. The van der Waals surface area contributed by atoms with Crippen LogP contribution in [-0.2, 0) is 20.2 Å². The first kappa shape index (κ1) is 43.4. The Kier molecular flexibility index (Phi) is 14.2. The second kappa shape index (κ2) is 17.0. The predicted molar refractivity (Wildman–Crippen MR) is 184 cm³/mol. The summed E-state index contributed by atoms with van der Waals surface area (Å²) in [6.07, 6.45) is 0.376. The van der Waals surface area contributed by atoms with E-state index in [1.807, 2.05) is 38.7 Å². The zero-order chi connectivity index (χ0) is 36.6. The molecule has 1 N–H and O–H groups in total. The van der Waals surface area contributed by atoms with Crippen LogP contribution in [-0.4, -0.2) is 71.2 Å². The van der Waals surface area contributed by atoms with Gasteiger partial charge in [0.2, 0.25) is 5.82 Å². The van der Waals surface area contributed by atoms with Crippen LogP contribution in [0.2, 0.25) is 5.02 Å². The number of halogens is 1. The number of anilines is 2. The van der Waals surface area contributed by atoms with E-state index in [0.717, 1.165) is 5.69 Å². The first-order chi connectivity index (χ1) is 23.4. The zero-order valence-electron chi connectivity index (χ0n) is 29.1. The number of fused-ring (bicyclic) bond motifs is 1. The Morgan fingerprint density at radius 3 is 2.13 bits per heavy atom. The van der Waals surface area contributed by atoms with Gasteiger partial charge in [-0.15, -0.1) is 9.89 Å². The van der Waals surface area contributed by atoms with E-state index in [2.05, 4.69) is 21.6 Å². The maximum absolute atomic E-state index is 12.9. The number of hydrogen-bond acceptors (Lipinski definition) is 13. The smallest absolute Gasteiger partial charge is 0.744 e. The molecule has 0 aliphatic carbocycles. The van der Waals surface area contributed by atoms with Crippen molar-refractivity contribution < 1.29 is 89.9 Å². The molecule has 260 valence electrons. The molecule has 1 aliphatic rings. The summed E-state index contributed by atoms with van der Waals surface area (Å²) < 4.78 is 69.0. The molecule has 0 atom stereocenters. The van der Waals surface area contributed by atoms with E-state index in [1.165, 1.54) is 16.9 Å². The van der Waals surface area contributed by atoms with Gasteiger partial charge in [-0.05, 0) is 67.6 Å². The molecule has 1 aromatic heterocycles. The minimum absolute atomic E-state index is 0. The number of nitriles is 1. The Hall–Kier alpha value is -2.99. The van der Waals surface area contributed by atoms with E-state index >= 15 is 0 Å².